The number of hydrogen-bond donors (Lipinski definition) is 0. The lowest BCUT2D eigenvalue weighted by molar-refractivity contribution is 0.443. The summed E-state index contributed by atoms with van der Waals surface area (Å²) < 4.78 is 0. The van der Waals surface area contributed by atoms with Crippen LogP contribution in [0, 0.1) is 0 Å². The molecule has 138 valence electrons. The molecule has 2 heteroatoms. The smallest absolute Gasteiger partial charge is 0.0367 e. The summed E-state index contributed by atoms with van der Waals surface area (Å²) >= 11 is 0. The molecular formula is C24H32N2. The van der Waals surface area contributed by atoms with Gasteiger partial charge in [-0.25, -0.2) is 0 Å². The minimum Gasteiger partial charge on any atom is -0.368 e. The fourth-order valence-corrected chi connectivity index (χ4v) is 4.56. The van der Waals surface area contributed by atoms with Crippen LogP contribution in [0.15, 0.2) is 48.5 Å². The largest absolute Gasteiger partial charge is 0.368 e. The molecule has 2 aliphatic rings. The molecule has 1 heterocycles. The summed E-state index contributed by atoms with van der Waals surface area (Å²) in [5.41, 5.74) is 5.74. The van der Waals surface area contributed by atoms with Crippen molar-refractivity contribution >= 4 is 11.4 Å². The van der Waals surface area contributed by atoms with E-state index in [1.807, 2.05) is 0 Å². The topological polar surface area (TPSA) is 6.48 Å². The number of piperazine rings is 1. The van der Waals surface area contributed by atoms with Gasteiger partial charge in [0.25, 0.3) is 0 Å². The van der Waals surface area contributed by atoms with Crippen LogP contribution in [0.2, 0.25) is 0 Å². The molecule has 0 amide bonds. The van der Waals surface area contributed by atoms with E-state index < -0.39 is 0 Å². The fourth-order valence-electron chi connectivity index (χ4n) is 4.56. The molecule has 2 nitrogen and oxygen atoms in total. The van der Waals surface area contributed by atoms with Crippen LogP contribution in [-0.4, -0.2) is 26.2 Å². The average Bonchev–Trinajstić information content (AvgIpc) is 2.75. The van der Waals surface area contributed by atoms with Crippen molar-refractivity contribution < 1.29 is 0 Å². The minimum atomic E-state index is 0.806. The SMILES string of the molecule is CCc1ccc(N2CCN(c3ccc(C4CCCCC4)cc3)CC2)cc1. The van der Waals surface area contributed by atoms with Crippen molar-refractivity contribution in [2.75, 3.05) is 36.0 Å². The molecule has 0 aromatic heterocycles. The summed E-state index contributed by atoms with van der Waals surface area (Å²) in [4.78, 5) is 5.06. The summed E-state index contributed by atoms with van der Waals surface area (Å²) in [6.07, 6.45) is 8.13. The molecule has 2 aromatic carbocycles. The molecule has 1 saturated carbocycles. The molecule has 0 N–H and O–H groups in total. The van der Waals surface area contributed by atoms with Gasteiger partial charge in [-0.15, -0.1) is 0 Å². The molecule has 2 fully saturated rings. The zero-order valence-electron chi connectivity index (χ0n) is 16.2. The van der Waals surface area contributed by atoms with E-state index in [-0.39, 0.29) is 0 Å². The quantitative estimate of drug-likeness (QED) is 0.707. The number of aryl methyl sites for hydroxylation is 1. The van der Waals surface area contributed by atoms with E-state index in [0.29, 0.717) is 0 Å². The van der Waals surface area contributed by atoms with Crippen molar-refractivity contribution in [2.45, 2.75) is 51.4 Å². The lowest BCUT2D eigenvalue weighted by Crippen LogP contribution is -2.46. The molecule has 1 aliphatic heterocycles. The van der Waals surface area contributed by atoms with Crippen LogP contribution in [0.5, 0.6) is 0 Å². The number of anilines is 2. The highest BCUT2D eigenvalue weighted by atomic mass is 15.3. The second-order valence-electron chi connectivity index (χ2n) is 7.92. The number of nitrogens with zero attached hydrogens (tertiary/aromatic N) is 2. The summed E-state index contributed by atoms with van der Waals surface area (Å²) in [6.45, 7) is 6.65. The summed E-state index contributed by atoms with van der Waals surface area (Å²) in [6, 6.07) is 18.6. The Morgan fingerprint density at radius 1 is 0.692 bits per heavy atom. The summed E-state index contributed by atoms with van der Waals surface area (Å²) in [5.74, 6) is 0.806. The van der Waals surface area contributed by atoms with Crippen LogP contribution >= 0.6 is 0 Å². The standard InChI is InChI=1S/C24H32N2/c1-2-20-8-12-23(13-9-20)25-16-18-26(19-17-25)24-14-10-22(11-15-24)21-6-4-3-5-7-21/h8-15,21H,2-7,16-19H2,1H3. The lowest BCUT2D eigenvalue weighted by atomic mass is 9.84. The molecule has 1 saturated heterocycles. The first-order chi connectivity index (χ1) is 12.8. The Balaban J connectivity index is 1.35. The van der Waals surface area contributed by atoms with E-state index in [1.165, 1.54) is 49.0 Å². The molecule has 0 radical (unpaired) electrons. The van der Waals surface area contributed by atoms with Crippen LogP contribution in [0.25, 0.3) is 0 Å². The third-order valence-electron chi connectivity index (χ3n) is 6.32. The van der Waals surface area contributed by atoms with E-state index in [1.54, 1.807) is 5.56 Å². The van der Waals surface area contributed by atoms with Gasteiger partial charge in [0, 0.05) is 37.6 Å². The van der Waals surface area contributed by atoms with E-state index in [9.17, 15) is 0 Å². The second kappa shape index (κ2) is 8.16. The molecule has 4 rings (SSSR count). The molecule has 1 aliphatic carbocycles. The van der Waals surface area contributed by atoms with Gasteiger partial charge in [-0.3, -0.25) is 0 Å². The highest BCUT2D eigenvalue weighted by Gasteiger charge is 2.19. The van der Waals surface area contributed by atoms with E-state index in [2.05, 4.69) is 65.3 Å². The predicted octanol–water partition coefficient (Wildman–Crippen LogP) is 5.62. The molecular weight excluding hydrogens is 316 g/mol. The summed E-state index contributed by atoms with van der Waals surface area (Å²) in [5, 5.41) is 0. The molecule has 0 bridgehead atoms. The van der Waals surface area contributed by atoms with Crippen LogP contribution < -0.4 is 9.80 Å². The van der Waals surface area contributed by atoms with Crippen molar-refractivity contribution in [1.82, 2.24) is 0 Å². The van der Waals surface area contributed by atoms with Crippen molar-refractivity contribution in [3.8, 4) is 0 Å². The van der Waals surface area contributed by atoms with Gasteiger partial charge in [-0.2, -0.15) is 0 Å². The predicted molar refractivity (Wildman–Crippen MR) is 113 cm³/mol. The first-order valence-corrected chi connectivity index (χ1v) is 10.5. The van der Waals surface area contributed by atoms with Gasteiger partial charge in [0.2, 0.25) is 0 Å². The monoisotopic (exact) mass is 348 g/mol. The van der Waals surface area contributed by atoms with Crippen LogP contribution in [-0.2, 0) is 6.42 Å². The zero-order chi connectivity index (χ0) is 17.8. The Morgan fingerprint density at radius 3 is 1.69 bits per heavy atom. The van der Waals surface area contributed by atoms with Crippen molar-refractivity contribution in [3.05, 3.63) is 59.7 Å². The van der Waals surface area contributed by atoms with Gasteiger partial charge in [-0.05, 0) is 60.6 Å². The van der Waals surface area contributed by atoms with Gasteiger partial charge in [0.1, 0.15) is 0 Å². The van der Waals surface area contributed by atoms with Crippen molar-refractivity contribution in [3.63, 3.8) is 0 Å². The molecule has 0 unspecified atom stereocenters. The minimum absolute atomic E-state index is 0.806. The maximum absolute atomic E-state index is 2.54. The van der Waals surface area contributed by atoms with Gasteiger partial charge >= 0.3 is 0 Å². The Morgan fingerprint density at radius 2 is 1.19 bits per heavy atom. The van der Waals surface area contributed by atoms with Gasteiger partial charge < -0.3 is 9.80 Å². The third-order valence-corrected chi connectivity index (χ3v) is 6.32. The molecule has 26 heavy (non-hydrogen) atoms. The van der Waals surface area contributed by atoms with Crippen molar-refractivity contribution in [2.24, 2.45) is 0 Å². The Hall–Kier alpha value is -1.96. The van der Waals surface area contributed by atoms with Crippen LogP contribution in [0.3, 0.4) is 0 Å². The zero-order valence-corrected chi connectivity index (χ0v) is 16.2. The average molecular weight is 349 g/mol. The highest BCUT2D eigenvalue weighted by molar-refractivity contribution is 5.53. The van der Waals surface area contributed by atoms with Crippen molar-refractivity contribution in [1.29, 1.82) is 0 Å². The lowest BCUT2D eigenvalue weighted by Gasteiger charge is -2.37. The highest BCUT2D eigenvalue weighted by Crippen LogP contribution is 2.33. The van der Waals surface area contributed by atoms with E-state index >= 15 is 0 Å². The maximum atomic E-state index is 2.54. The van der Waals surface area contributed by atoms with Gasteiger partial charge in [-0.1, -0.05) is 50.5 Å². The molecule has 0 atom stereocenters. The fraction of sp³-hybridized carbons (Fsp3) is 0.500. The molecule has 0 spiro atoms. The Kier molecular flexibility index (Phi) is 5.48. The second-order valence-corrected chi connectivity index (χ2v) is 7.92. The Bertz CT molecular complexity index is 675. The van der Waals surface area contributed by atoms with Crippen LogP contribution in [0.1, 0.15) is 56.1 Å². The third kappa shape index (κ3) is 3.90. The van der Waals surface area contributed by atoms with Gasteiger partial charge in [0.05, 0.1) is 0 Å². The molecule has 2 aromatic rings. The van der Waals surface area contributed by atoms with Gasteiger partial charge in [0.15, 0.2) is 0 Å². The van der Waals surface area contributed by atoms with E-state index in [0.717, 1.165) is 38.5 Å². The number of benzene rings is 2. The first kappa shape index (κ1) is 17.5. The Labute approximate surface area is 158 Å². The normalized spacial score (nSPS) is 19.0. The van der Waals surface area contributed by atoms with Crippen LogP contribution in [0.4, 0.5) is 11.4 Å². The number of rotatable bonds is 4. The number of hydrogen-bond acceptors (Lipinski definition) is 2. The van der Waals surface area contributed by atoms with E-state index in [4.69, 9.17) is 0 Å². The summed E-state index contributed by atoms with van der Waals surface area (Å²) in [7, 11) is 0. The maximum Gasteiger partial charge on any atom is 0.0367 e. The first-order valence-electron chi connectivity index (χ1n) is 10.5.